The molecule has 0 unspecified atom stereocenters. The SMILES string of the molecule is CCn1c(SCC(=O)Nc2ccc(I)cc2C(C)C)nnc1[C@@H](C)NC(=O)c1ccccc1C. The van der Waals surface area contributed by atoms with Gasteiger partial charge in [0.05, 0.1) is 11.8 Å². The number of amides is 2. The van der Waals surface area contributed by atoms with Gasteiger partial charge in [0.2, 0.25) is 5.91 Å². The number of halogens is 1. The van der Waals surface area contributed by atoms with Crippen LogP contribution in [0.3, 0.4) is 0 Å². The van der Waals surface area contributed by atoms with Crippen molar-refractivity contribution in [2.75, 3.05) is 11.1 Å². The summed E-state index contributed by atoms with van der Waals surface area (Å²) in [6.45, 7) is 10.6. The zero-order valence-corrected chi connectivity index (χ0v) is 23.0. The molecule has 180 valence electrons. The van der Waals surface area contributed by atoms with Gasteiger partial charge in [-0.25, -0.2) is 0 Å². The van der Waals surface area contributed by atoms with Gasteiger partial charge in [0.25, 0.3) is 5.91 Å². The van der Waals surface area contributed by atoms with E-state index in [9.17, 15) is 9.59 Å². The first-order chi connectivity index (χ1) is 16.2. The number of rotatable bonds is 9. The summed E-state index contributed by atoms with van der Waals surface area (Å²) in [6.07, 6.45) is 0. The van der Waals surface area contributed by atoms with Crippen molar-refractivity contribution >= 4 is 51.9 Å². The summed E-state index contributed by atoms with van der Waals surface area (Å²) in [5.41, 5.74) is 3.51. The van der Waals surface area contributed by atoms with Gasteiger partial charge < -0.3 is 15.2 Å². The normalized spacial score (nSPS) is 12.0. The summed E-state index contributed by atoms with van der Waals surface area (Å²) in [5, 5.41) is 15.3. The lowest BCUT2D eigenvalue weighted by Gasteiger charge is -2.16. The standard InChI is InChI=1S/C25H30IN5O2S/c1-6-31-23(17(5)27-24(33)19-10-8-7-9-16(19)4)29-30-25(31)34-14-22(32)28-21-12-11-18(26)13-20(21)15(2)3/h7-13,15,17H,6,14H2,1-5H3,(H,27,33)(H,28,32)/t17-/m1/s1. The molecule has 9 heteroatoms. The maximum absolute atomic E-state index is 12.7. The summed E-state index contributed by atoms with van der Waals surface area (Å²) >= 11 is 3.62. The van der Waals surface area contributed by atoms with E-state index in [0.29, 0.717) is 29.0 Å². The molecule has 2 aromatic carbocycles. The van der Waals surface area contributed by atoms with E-state index in [1.54, 1.807) is 6.07 Å². The predicted octanol–water partition coefficient (Wildman–Crippen LogP) is 5.56. The topological polar surface area (TPSA) is 88.9 Å². The lowest BCUT2D eigenvalue weighted by molar-refractivity contribution is -0.113. The molecule has 0 aliphatic heterocycles. The molecule has 0 saturated carbocycles. The van der Waals surface area contributed by atoms with Crippen molar-refractivity contribution in [3.05, 3.63) is 68.5 Å². The van der Waals surface area contributed by atoms with Crippen LogP contribution in [-0.2, 0) is 11.3 Å². The Labute approximate surface area is 218 Å². The van der Waals surface area contributed by atoms with E-state index >= 15 is 0 Å². The molecule has 2 N–H and O–H groups in total. The minimum Gasteiger partial charge on any atom is -0.342 e. The van der Waals surface area contributed by atoms with Gasteiger partial charge in [-0.2, -0.15) is 0 Å². The average Bonchev–Trinajstić information content (AvgIpc) is 3.22. The van der Waals surface area contributed by atoms with Gasteiger partial charge in [0.1, 0.15) is 0 Å². The number of thioether (sulfide) groups is 1. The molecule has 1 atom stereocenters. The second-order valence-electron chi connectivity index (χ2n) is 8.32. The smallest absolute Gasteiger partial charge is 0.252 e. The van der Waals surface area contributed by atoms with Crippen LogP contribution in [0, 0.1) is 10.5 Å². The molecule has 0 bridgehead atoms. The highest BCUT2D eigenvalue weighted by molar-refractivity contribution is 14.1. The van der Waals surface area contributed by atoms with Crippen molar-refractivity contribution < 1.29 is 9.59 Å². The zero-order valence-electron chi connectivity index (χ0n) is 20.1. The van der Waals surface area contributed by atoms with Gasteiger partial charge in [0.15, 0.2) is 11.0 Å². The first-order valence-corrected chi connectivity index (χ1v) is 13.3. The Morgan fingerprint density at radius 2 is 1.85 bits per heavy atom. The van der Waals surface area contributed by atoms with Gasteiger partial charge in [0, 0.05) is 21.4 Å². The van der Waals surface area contributed by atoms with E-state index in [-0.39, 0.29) is 23.6 Å². The second-order valence-corrected chi connectivity index (χ2v) is 10.5. The third-order valence-electron chi connectivity index (χ3n) is 5.43. The van der Waals surface area contributed by atoms with Crippen molar-refractivity contribution in [1.82, 2.24) is 20.1 Å². The van der Waals surface area contributed by atoms with E-state index in [0.717, 1.165) is 20.4 Å². The molecular weight excluding hydrogens is 561 g/mol. The van der Waals surface area contributed by atoms with Gasteiger partial charge in [-0.05, 0) is 84.7 Å². The first kappa shape index (κ1) is 26.2. The third kappa shape index (κ3) is 6.38. The molecule has 7 nitrogen and oxygen atoms in total. The molecule has 2 amide bonds. The lowest BCUT2D eigenvalue weighted by Crippen LogP contribution is -2.29. The van der Waals surface area contributed by atoms with E-state index in [1.807, 2.05) is 55.7 Å². The first-order valence-electron chi connectivity index (χ1n) is 11.2. The highest BCUT2D eigenvalue weighted by Gasteiger charge is 2.21. The fourth-order valence-electron chi connectivity index (χ4n) is 3.63. The van der Waals surface area contributed by atoms with Crippen LogP contribution >= 0.6 is 34.4 Å². The van der Waals surface area contributed by atoms with Crippen LogP contribution in [0.25, 0.3) is 0 Å². The largest absolute Gasteiger partial charge is 0.342 e. The highest BCUT2D eigenvalue weighted by atomic mass is 127. The molecule has 3 aromatic rings. The highest BCUT2D eigenvalue weighted by Crippen LogP contribution is 2.27. The Hall–Kier alpha value is -2.40. The molecule has 0 fully saturated rings. The maximum atomic E-state index is 12.7. The number of aryl methyl sites for hydroxylation is 1. The van der Waals surface area contributed by atoms with Gasteiger partial charge in [-0.15, -0.1) is 10.2 Å². The van der Waals surface area contributed by atoms with Crippen molar-refractivity contribution in [2.45, 2.75) is 58.3 Å². The fourth-order valence-corrected chi connectivity index (χ4v) is 4.96. The number of benzene rings is 2. The minimum atomic E-state index is -0.330. The summed E-state index contributed by atoms with van der Waals surface area (Å²) in [6, 6.07) is 13.2. The molecule has 1 aromatic heterocycles. The molecule has 34 heavy (non-hydrogen) atoms. The number of carbonyl (C=O) groups excluding carboxylic acids is 2. The molecule has 0 saturated heterocycles. The summed E-state index contributed by atoms with van der Waals surface area (Å²) in [4.78, 5) is 25.4. The number of anilines is 1. The zero-order chi connectivity index (χ0) is 24.8. The van der Waals surface area contributed by atoms with Crippen LogP contribution in [0.5, 0.6) is 0 Å². The lowest BCUT2D eigenvalue weighted by atomic mass is 10.0. The number of carbonyl (C=O) groups is 2. The predicted molar refractivity (Wildman–Crippen MR) is 145 cm³/mol. The Balaban J connectivity index is 1.66. The summed E-state index contributed by atoms with van der Waals surface area (Å²) in [7, 11) is 0. The van der Waals surface area contributed by atoms with Crippen molar-refractivity contribution in [3.63, 3.8) is 0 Å². The van der Waals surface area contributed by atoms with Gasteiger partial charge >= 0.3 is 0 Å². The number of nitrogens with one attached hydrogen (secondary N) is 2. The van der Waals surface area contributed by atoms with Crippen LogP contribution in [0.2, 0.25) is 0 Å². The monoisotopic (exact) mass is 591 g/mol. The summed E-state index contributed by atoms with van der Waals surface area (Å²) in [5.74, 6) is 0.933. The van der Waals surface area contributed by atoms with E-state index in [1.165, 1.54) is 11.8 Å². The van der Waals surface area contributed by atoms with Gasteiger partial charge in [-0.1, -0.05) is 43.8 Å². The molecule has 3 rings (SSSR count). The molecule has 0 spiro atoms. The summed E-state index contributed by atoms with van der Waals surface area (Å²) < 4.78 is 3.08. The number of aromatic nitrogens is 3. The molecule has 0 radical (unpaired) electrons. The van der Waals surface area contributed by atoms with Crippen LogP contribution in [0.4, 0.5) is 5.69 Å². The number of hydrogen-bond donors (Lipinski definition) is 2. The van der Waals surface area contributed by atoms with E-state index in [4.69, 9.17) is 0 Å². The fraction of sp³-hybridized carbons (Fsp3) is 0.360. The maximum Gasteiger partial charge on any atom is 0.252 e. The van der Waals surface area contributed by atoms with Crippen molar-refractivity contribution in [1.29, 1.82) is 0 Å². The molecule has 0 aliphatic carbocycles. The van der Waals surface area contributed by atoms with Crippen LogP contribution in [0.15, 0.2) is 47.6 Å². The number of nitrogens with zero attached hydrogens (tertiary/aromatic N) is 3. The molecule has 1 heterocycles. The van der Waals surface area contributed by atoms with Crippen LogP contribution in [0.1, 0.15) is 67.0 Å². The quantitative estimate of drug-likeness (QED) is 0.252. The molecule has 0 aliphatic rings. The Morgan fingerprint density at radius 3 is 2.53 bits per heavy atom. The van der Waals surface area contributed by atoms with Gasteiger partial charge in [-0.3, -0.25) is 9.59 Å². The van der Waals surface area contributed by atoms with Crippen LogP contribution in [-0.4, -0.2) is 32.3 Å². The Bertz CT molecular complexity index is 1180. The van der Waals surface area contributed by atoms with Crippen molar-refractivity contribution in [3.8, 4) is 0 Å². The molecular formula is C25H30IN5O2S. The van der Waals surface area contributed by atoms with E-state index in [2.05, 4.69) is 63.3 Å². The number of hydrogen-bond acceptors (Lipinski definition) is 5. The Kier molecular flexibility index (Phi) is 9.12. The van der Waals surface area contributed by atoms with Crippen LogP contribution < -0.4 is 10.6 Å². The van der Waals surface area contributed by atoms with E-state index < -0.39 is 0 Å². The van der Waals surface area contributed by atoms with Crippen molar-refractivity contribution in [2.24, 2.45) is 0 Å². The minimum absolute atomic E-state index is 0.0961. The third-order valence-corrected chi connectivity index (χ3v) is 7.07. The Morgan fingerprint density at radius 1 is 1.12 bits per heavy atom. The average molecular weight is 592 g/mol. The second kappa shape index (κ2) is 11.8.